The van der Waals surface area contributed by atoms with Gasteiger partial charge in [0.15, 0.2) is 0 Å². The zero-order valence-corrected chi connectivity index (χ0v) is 10.8. The van der Waals surface area contributed by atoms with Crippen LogP contribution in [-0.2, 0) is 16.8 Å². The van der Waals surface area contributed by atoms with Gasteiger partial charge in [-0.25, -0.2) is 4.98 Å². The Bertz CT molecular complexity index is 511. The fourth-order valence-corrected chi connectivity index (χ4v) is 1.68. The molecule has 17 heavy (non-hydrogen) atoms. The molecule has 0 saturated heterocycles. The van der Waals surface area contributed by atoms with E-state index in [0.29, 0.717) is 6.54 Å². The lowest BCUT2D eigenvalue weighted by atomic mass is 9.96. The standard InChI is InChI=1S/C13H19N3O/c1-13(2,3)12-15-10-6-5-9(8-14-17-4)7-11(10)16-12/h5-7,14H,8H2,1-4H3,(H,15,16). The van der Waals surface area contributed by atoms with Gasteiger partial charge in [0.25, 0.3) is 0 Å². The summed E-state index contributed by atoms with van der Waals surface area (Å²) in [7, 11) is 1.62. The van der Waals surface area contributed by atoms with Crippen molar-refractivity contribution in [3.63, 3.8) is 0 Å². The molecule has 0 amide bonds. The number of hydrogen-bond donors (Lipinski definition) is 2. The van der Waals surface area contributed by atoms with Crippen LogP contribution in [0.3, 0.4) is 0 Å². The van der Waals surface area contributed by atoms with Gasteiger partial charge in [0.05, 0.1) is 18.1 Å². The van der Waals surface area contributed by atoms with Crippen molar-refractivity contribution < 1.29 is 4.84 Å². The van der Waals surface area contributed by atoms with E-state index in [9.17, 15) is 0 Å². The predicted molar refractivity (Wildman–Crippen MR) is 68.6 cm³/mol. The van der Waals surface area contributed by atoms with E-state index in [-0.39, 0.29) is 5.41 Å². The van der Waals surface area contributed by atoms with E-state index in [1.54, 1.807) is 7.11 Å². The Hall–Kier alpha value is -1.39. The maximum Gasteiger partial charge on any atom is 0.112 e. The first-order valence-electron chi connectivity index (χ1n) is 5.75. The van der Waals surface area contributed by atoms with Crippen LogP contribution in [0, 0.1) is 0 Å². The smallest absolute Gasteiger partial charge is 0.112 e. The number of fused-ring (bicyclic) bond motifs is 1. The van der Waals surface area contributed by atoms with Crippen LogP contribution in [-0.4, -0.2) is 17.1 Å². The fraction of sp³-hybridized carbons (Fsp3) is 0.462. The first-order valence-corrected chi connectivity index (χ1v) is 5.75. The molecule has 0 saturated carbocycles. The Kier molecular flexibility index (Phi) is 3.17. The third-order valence-electron chi connectivity index (χ3n) is 2.68. The maximum atomic E-state index is 4.84. The van der Waals surface area contributed by atoms with Crippen LogP contribution in [0.1, 0.15) is 32.2 Å². The summed E-state index contributed by atoms with van der Waals surface area (Å²) in [5, 5.41) is 0. The van der Waals surface area contributed by atoms with Gasteiger partial charge >= 0.3 is 0 Å². The second-order valence-corrected chi connectivity index (χ2v) is 5.21. The van der Waals surface area contributed by atoms with Crippen LogP contribution in [0.15, 0.2) is 18.2 Å². The van der Waals surface area contributed by atoms with E-state index in [2.05, 4.69) is 48.4 Å². The molecule has 0 aliphatic rings. The van der Waals surface area contributed by atoms with Crippen LogP contribution >= 0.6 is 0 Å². The lowest BCUT2D eigenvalue weighted by Crippen LogP contribution is -2.12. The molecule has 1 aromatic heterocycles. The zero-order chi connectivity index (χ0) is 12.5. The third-order valence-corrected chi connectivity index (χ3v) is 2.68. The summed E-state index contributed by atoms with van der Waals surface area (Å²) in [5.41, 5.74) is 6.13. The van der Waals surface area contributed by atoms with Crippen LogP contribution in [0.2, 0.25) is 0 Å². The van der Waals surface area contributed by atoms with Crippen LogP contribution in [0.4, 0.5) is 0 Å². The molecular formula is C13H19N3O. The van der Waals surface area contributed by atoms with Gasteiger partial charge in [-0.3, -0.25) is 0 Å². The Morgan fingerprint density at radius 3 is 2.76 bits per heavy atom. The summed E-state index contributed by atoms with van der Waals surface area (Å²) in [6.45, 7) is 7.14. The maximum absolute atomic E-state index is 4.84. The van der Waals surface area contributed by atoms with Crippen LogP contribution < -0.4 is 5.48 Å². The molecule has 0 spiro atoms. The van der Waals surface area contributed by atoms with Crippen LogP contribution in [0.5, 0.6) is 0 Å². The molecule has 4 nitrogen and oxygen atoms in total. The first-order chi connectivity index (χ1) is 8.00. The van der Waals surface area contributed by atoms with E-state index in [0.717, 1.165) is 16.9 Å². The average Bonchev–Trinajstić information content (AvgIpc) is 2.68. The molecule has 0 unspecified atom stereocenters. The monoisotopic (exact) mass is 233 g/mol. The fourth-order valence-electron chi connectivity index (χ4n) is 1.68. The number of aromatic nitrogens is 2. The topological polar surface area (TPSA) is 49.9 Å². The first kappa shape index (κ1) is 12.1. The molecular weight excluding hydrogens is 214 g/mol. The van der Waals surface area contributed by atoms with Crippen molar-refractivity contribution in [3.8, 4) is 0 Å². The van der Waals surface area contributed by atoms with Crippen molar-refractivity contribution >= 4 is 11.0 Å². The number of benzene rings is 1. The largest absolute Gasteiger partial charge is 0.342 e. The molecule has 1 heterocycles. The zero-order valence-electron chi connectivity index (χ0n) is 10.8. The van der Waals surface area contributed by atoms with Gasteiger partial charge in [-0.05, 0) is 17.7 Å². The average molecular weight is 233 g/mol. The Labute approximate surface area is 101 Å². The molecule has 4 heteroatoms. The van der Waals surface area contributed by atoms with E-state index in [4.69, 9.17) is 4.84 Å². The molecule has 0 aliphatic heterocycles. The van der Waals surface area contributed by atoms with Gasteiger partial charge in [0.2, 0.25) is 0 Å². The number of aromatic amines is 1. The number of hydrogen-bond acceptors (Lipinski definition) is 3. The van der Waals surface area contributed by atoms with E-state index >= 15 is 0 Å². The van der Waals surface area contributed by atoms with Gasteiger partial charge in [-0.15, -0.1) is 0 Å². The molecule has 2 N–H and O–H groups in total. The van der Waals surface area contributed by atoms with Gasteiger partial charge < -0.3 is 9.82 Å². The van der Waals surface area contributed by atoms with Crippen molar-refractivity contribution in [2.75, 3.05) is 7.11 Å². The summed E-state index contributed by atoms with van der Waals surface area (Å²) in [4.78, 5) is 12.8. The predicted octanol–water partition coefficient (Wildman–Crippen LogP) is 2.51. The molecule has 0 atom stereocenters. The lowest BCUT2D eigenvalue weighted by molar-refractivity contribution is 0.0867. The second-order valence-electron chi connectivity index (χ2n) is 5.21. The Morgan fingerprint density at radius 2 is 2.12 bits per heavy atom. The van der Waals surface area contributed by atoms with Crippen molar-refractivity contribution in [3.05, 3.63) is 29.6 Å². The van der Waals surface area contributed by atoms with Crippen LogP contribution in [0.25, 0.3) is 11.0 Å². The SMILES string of the molecule is CONCc1ccc2nc(C(C)(C)C)[nH]c2c1. The quantitative estimate of drug-likeness (QED) is 0.801. The van der Waals surface area contributed by atoms with Gasteiger partial charge in [-0.2, -0.15) is 5.48 Å². The number of nitrogens with one attached hydrogen (secondary N) is 2. The van der Waals surface area contributed by atoms with Crippen molar-refractivity contribution in [1.29, 1.82) is 0 Å². The number of H-pyrrole nitrogens is 1. The highest BCUT2D eigenvalue weighted by atomic mass is 16.6. The Morgan fingerprint density at radius 1 is 1.35 bits per heavy atom. The van der Waals surface area contributed by atoms with Gasteiger partial charge in [0.1, 0.15) is 5.82 Å². The molecule has 2 rings (SSSR count). The number of rotatable bonds is 3. The Balaban J connectivity index is 2.34. The summed E-state index contributed by atoms with van der Waals surface area (Å²) in [6.07, 6.45) is 0. The van der Waals surface area contributed by atoms with E-state index in [1.165, 1.54) is 5.56 Å². The minimum atomic E-state index is 0.0456. The number of nitrogens with zero attached hydrogens (tertiary/aromatic N) is 1. The number of hydroxylamine groups is 1. The van der Waals surface area contributed by atoms with Gasteiger partial charge in [-0.1, -0.05) is 26.8 Å². The highest BCUT2D eigenvalue weighted by molar-refractivity contribution is 5.76. The second kappa shape index (κ2) is 4.47. The number of imidazole rings is 1. The lowest BCUT2D eigenvalue weighted by Gasteiger charge is -2.13. The molecule has 92 valence electrons. The molecule has 0 aliphatic carbocycles. The minimum absolute atomic E-state index is 0.0456. The summed E-state index contributed by atoms with van der Waals surface area (Å²) in [6, 6.07) is 6.19. The normalized spacial score (nSPS) is 12.2. The van der Waals surface area contributed by atoms with Crippen molar-refractivity contribution in [1.82, 2.24) is 15.4 Å². The summed E-state index contributed by atoms with van der Waals surface area (Å²) in [5.74, 6) is 1.02. The third kappa shape index (κ3) is 2.65. The van der Waals surface area contributed by atoms with E-state index < -0.39 is 0 Å². The molecule has 0 radical (unpaired) electrons. The molecule has 1 aromatic carbocycles. The van der Waals surface area contributed by atoms with E-state index in [1.807, 2.05) is 6.07 Å². The summed E-state index contributed by atoms with van der Waals surface area (Å²) >= 11 is 0. The highest BCUT2D eigenvalue weighted by Gasteiger charge is 2.18. The molecule has 0 fully saturated rings. The highest BCUT2D eigenvalue weighted by Crippen LogP contribution is 2.22. The molecule has 2 aromatic rings. The minimum Gasteiger partial charge on any atom is -0.342 e. The van der Waals surface area contributed by atoms with Crippen molar-refractivity contribution in [2.24, 2.45) is 0 Å². The van der Waals surface area contributed by atoms with Crippen molar-refractivity contribution in [2.45, 2.75) is 32.7 Å². The molecule has 0 bridgehead atoms. The van der Waals surface area contributed by atoms with Gasteiger partial charge in [0, 0.05) is 12.0 Å². The summed E-state index contributed by atoms with van der Waals surface area (Å²) < 4.78 is 0.